The predicted octanol–water partition coefficient (Wildman–Crippen LogP) is 9.01. The molecule has 4 heteroatoms. The Hall–Kier alpha value is -2.85. The smallest absolute Gasteiger partial charge is 0.166 e. The largest absolute Gasteiger partial charge is 0.374 e. The molecule has 1 heterocycles. The second-order valence-electron chi connectivity index (χ2n) is 9.34. The van der Waals surface area contributed by atoms with Gasteiger partial charge in [0.2, 0.25) is 0 Å². The van der Waals surface area contributed by atoms with Crippen LogP contribution in [0.2, 0.25) is 0 Å². The summed E-state index contributed by atoms with van der Waals surface area (Å²) in [6.07, 6.45) is 9.34. The van der Waals surface area contributed by atoms with Crippen molar-refractivity contribution in [3.8, 4) is 22.3 Å². The van der Waals surface area contributed by atoms with Crippen LogP contribution in [0.15, 0.2) is 66.7 Å². The molecular weight excluding hydrogens is 445 g/mol. The summed E-state index contributed by atoms with van der Waals surface area (Å²) in [4.78, 5) is 0. The van der Waals surface area contributed by atoms with Gasteiger partial charge >= 0.3 is 0 Å². The fraction of sp³-hybridized carbons (Fsp3) is 0.355. The van der Waals surface area contributed by atoms with Crippen molar-refractivity contribution >= 4 is 0 Å². The molecule has 0 spiro atoms. The maximum absolute atomic E-state index is 15.0. The molecule has 3 aromatic rings. The SMILES string of the molecule is C/C=C/C1CCC(c2ccc(-c3ccc(-c4ccc(CCCCC)c(F)c4F)cc3)cc2F)CO1. The number of unbranched alkanes of at least 4 members (excludes halogenated alkanes) is 2. The highest BCUT2D eigenvalue weighted by Crippen LogP contribution is 2.34. The van der Waals surface area contributed by atoms with Gasteiger partial charge in [-0.25, -0.2) is 13.2 Å². The summed E-state index contributed by atoms with van der Waals surface area (Å²) in [6.45, 7) is 4.57. The second-order valence-corrected chi connectivity index (χ2v) is 9.34. The molecule has 4 rings (SSSR count). The summed E-state index contributed by atoms with van der Waals surface area (Å²) in [5.74, 6) is -1.76. The molecule has 1 saturated heterocycles. The minimum absolute atomic E-state index is 0.0516. The molecule has 0 radical (unpaired) electrons. The van der Waals surface area contributed by atoms with Crippen LogP contribution in [0.1, 0.15) is 63.0 Å². The van der Waals surface area contributed by atoms with E-state index in [2.05, 4.69) is 6.92 Å². The Kier molecular flexibility index (Phi) is 8.46. The van der Waals surface area contributed by atoms with Gasteiger partial charge in [-0.05, 0) is 66.5 Å². The lowest BCUT2D eigenvalue weighted by Crippen LogP contribution is -2.23. The van der Waals surface area contributed by atoms with Gasteiger partial charge in [-0.1, -0.05) is 80.4 Å². The first-order valence-electron chi connectivity index (χ1n) is 12.6. The van der Waals surface area contributed by atoms with Crippen molar-refractivity contribution in [2.24, 2.45) is 0 Å². The van der Waals surface area contributed by atoms with Crippen LogP contribution < -0.4 is 0 Å². The van der Waals surface area contributed by atoms with Crippen molar-refractivity contribution < 1.29 is 17.9 Å². The molecule has 1 aliphatic heterocycles. The van der Waals surface area contributed by atoms with E-state index >= 15 is 0 Å². The molecule has 1 nitrogen and oxygen atoms in total. The highest BCUT2D eigenvalue weighted by Gasteiger charge is 2.24. The van der Waals surface area contributed by atoms with Crippen molar-refractivity contribution in [3.63, 3.8) is 0 Å². The van der Waals surface area contributed by atoms with Gasteiger partial charge in [-0.2, -0.15) is 0 Å². The Morgan fingerprint density at radius 2 is 1.60 bits per heavy atom. The third kappa shape index (κ3) is 5.87. The fourth-order valence-electron chi connectivity index (χ4n) is 4.83. The first kappa shape index (κ1) is 25.2. The number of aryl methyl sites for hydroxylation is 1. The van der Waals surface area contributed by atoms with E-state index in [4.69, 9.17) is 4.74 Å². The zero-order chi connectivity index (χ0) is 24.8. The van der Waals surface area contributed by atoms with Crippen molar-refractivity contribution in [2.45, 2.75) is 64.4 Å². The van der Waals surface area contributed by atoms with Gasteiger partial charge in [-0.3, -0.25) is 0 Å². The summed E-state index contributed by atoms with van der Waals surface area (Å²) in [6, 6.07) is 15.8. The molecule has 2 atom stereocenters. The van der Waals surface area contributed by atoms with E-state index in [-0.39, 0.29) is 23.4 Å². The van der Waals surface area contributed by atoms with E-state index in [0.717, 1.165) is 43.2 Å². The summed E-state index contributed by atoms with van der Waals surface area (Å²) in [5.41, 5.74) is 3.51. The zero-order valence-electron chi connectivity index (χ0n) is 20.5. The van der Waals surface area contributed by atoms with Crippen LogP contribution in [0, 0.1) is 17.5 Å². The van der Waals surface area contributed by atoms with Gasteiger partial charge in [0, 0.05) is 11.5 Å². The van der Waals surface area contributed by atoms with E-state index in [1.165, 1.54) is 0 Å². The molecule has 184 valence electrons. The van der Waals surface area contributed by atoms with Crippen molar-refractivity contribution in [1.29, 1.82) is 0 Å². The Morgan fingerprint density at radius 3 is 2.26 bits per heavy atom. The maximum atomic E-state index is 15.0. The monoisotopic (exact) mass is 478 g/mol. The minimum atomic E-state index is -0.812. The van der Waals surface area contributed by atoms with E-state index in [1.807, 2.05) is 43.3 Å². The number of halogens is 3. The molecular formula is C31H33F3O. The van der Waals surface area contributed by atoms with Crippen molar-refractivity contribution in [2.75, 3.05) is 6.61 Å². The number of hydrogen-bond donors (Lipinski definition) is 0. The molecule has 2 unspecified atom stereocenters. The third-order valence-electron chi connectivity index (χ3n) is 6.90. The van der Waals surface area contributed by atoms with Gasteiger partial charge in [0.1, 0.15) is 5.82 Å². The van der Waals surface area contributed by atoms with Crippen LogP contribution >= 0.6 is 0 Å². The zero-order valence-corrected chi connectivity index (χ0v) is 20.5. The molecule has 0 aliphatic carbocycles. The number of allylic oxidation sites excluding steroid dienone is 1. The normalized spacial score (nSPS) is 18.3. The molecule has 0 saturated carbocycles. The molecule has 0 amide bonds. The number of rotatable bonds is 8. The predicted molar refractivity (Wildman–Crippen MR) is 137 cm³/mol. The van der Waals surface area contributed by atoms with Gasteiger partial charge in [0.15, 0.2) is 11.6 Å². The summed E-state index contributed by atoms with van der Waals surface area (Å²) in [5, 5.41) is 0. The summed E-state index contributed by atoms with van der Waals surface area (Å²) >= 11 is 0. The van der Waals surface area contributed by atoms with E-state index < -0.39 is 11.6 Å². The van der Waals surface area contributed by atoms with Gasteiger partial charge in [-0.15, -0.1) is 0 Å². The van der Waals surface area contributed by atoms with Crippen LogP contribution in [-0.4, -0.2) is 12.7 Å². The molecule has 0 aromatic heterocycles. The molecule has 3 aromatic carbocycles. The van der Waals surface area contributed by atoms with Crippen LogP contribution in [-0.2, 0) is 11.2 Å². The first-order chi connectivity index (χ1) is 17.0. The van der Waals surface area contributed by atoms with Gasteiger partial charge < -0.3 is 4.74 Å². The fourth-order valence-corrected chi connectivity index (χ4v) is 4.83. The van der Waals surface area contributed by atoms with Crippen LogP contribution in [0.5, 0.6) is 0 Å². The number of benzene rings is 3. The molecule has 1 fully saturated rings. The van der Waals surface area contributed by atoms with E-state index in [0.29, 0.717) is 29.7 Å². The van der Waals surface area contributed by atoms with Crippen molar-refractivity contribution in [3.05, 3.63) is 95.3 Å². The third-order valence-corrected chi connectivity index (χ3v) is 6.90. The topological polar surface area (TPSA) is 9.23 Å². The molecule has 0 bridgehead atoms. The Labute approximate surface area is 206 Å². The minimum Gasteiger partial charge on any atom is -0.374 e. The molecule has 35 heavy (non-hydrogen) atoms. The summed E-state index contributed by atoms with van der Waals surface area (Å²) in [7, 11) is 0. The highest BCUT2D eigenvalue weighted by atomic mass is 19.2. The molecule has 0 N–H and O–H groups in total. The number of ether oxygens (including phenoxy) is 1. The standard InChI is InChI=1S/C31H33F3O/c1-3-5-6-8-23-14-18-28(31(34)30(23)33)22-11-9-21(10-12-22)24-15-17-27(29(32)19-24)25-13-16-26(7-4-2)35-20-25/h4,7,9-12,14-15,17-19,25-26H,3,5-6,8,13,16,20H2,1-2H3/b7-4+. The van der Waals surface area contributed by atoms with Crippen LogP contribution in [0.4, 0.5) is 13.2 Å². The lowest BCUT2D eigenvalue weighted by atomic mass is 9.89. The second kappa shape index (κ2) is 11.7. The van der Waals surface area contributed by atoms with E-state index in [1.54, 1.807) is 30.3 Å². The summed E-state index contributed by atoms with van der Waals surface area (Å²) < 4.78 is 50.2. The lowest BCUT2D eigenvalue weighted by molar-refractivity contribution is 0.0319. The van der Waals surface area contributed by atoms with E-state index in [9.17, 15) is 13.2 Å². The first-order valence-corrected chi connectivity index (χ1v) is 12.6. The highest BCUT2D eigenvalue weighted by molar-refractivity contribution is 5.71. The Morgan fingerprint density at radius 1 is 0.857 bits per heavy atom. The maximum Gasteiger partial charge on any atom is 0.166 e. The van der Waals surface area contributed by atoms with Crippen molar-refractivity contribution in [1.82, 2.24) is 0 Å². The Bertz CT molecular complexity index is 1160. The average molecular weight is 479 g/mol. The quantitative estimate of drug-likeness (QED) is 0.232. The average Bonchev–Trinajstić information content (AvgIpc) is 2.88. The van der Waals surface area contributed by atoms with Gasteiger partial charge in [0.05, 0.1) is 12.7 Å². The lowest BCUT2D eigenvalue weighted by Gasteiger charge is -2.28. The van der Waals surface area contributed by atoms with Gasteiger partial charge in [0.25, 0.3) is 0 Å². The van der Waals surface area contributed by atoms with Crippen LogP contribution in [0.3, 0.4) is 0 Å². The Balaban J connectivity index is 1.48. The molecule has 1 aliphatic rings. The van der Waals surface area contributed by atoms with Crippen LogP contribution in [0.25, 0.3) is 22.3 Å². The number of hydrogen-bond acceptors (Lipinski definition) is 1.